The average molecular weight is 388 g/mol. The molecule has 27 heavy (non-hydrogen) atoms. The van der Waals surface area contributed by atoms with E-state index in [0.717, 1.165) is 24.2 Å². The Morgan fingerprint density at radius 2 is 1.78 bits per heavy atom. The first-order chi connectivity index (χ1) is 13.1. The smallest absolute Gasteiger partial charge is 0.255 e. The van der Waals surface area contributed by atoms with Crippen molar-refractivity contribution in [2.45, 2.75) is 51.6 Å². The van der Waals surface area contributed by atoms with E-state index in [1.165, 1.54) is 19.3 Å². The van der Waals surface area contributed by atoms with Crippen LogP contribution >= 0.6 is 0 Å². The van der Waals surface area contributed by atoms with Gasteiger partial charge in [-0.25, -0.2) is 0 Å². The normalized spacial score (nSPS) is 11.7. The summed E-state index contributed by atoms with van der Waals surface area (Å²) in [5.41, 5.74) is 8.29. The van der Waals surface area contributed by atoms with Crippen LogP contribution in [0.2, 0.25) is 0 Å². The van der Waals surface area contributed by atoms with Gasteiger partial charge in [-0.05, 0) is 12.0 Å². The summed E-state index contributed by atoms with van der Waals surface area (Å²) in [5, 5.41) is 21.2. The van der Waals surface area contributed by atoms with Crippen LogP contribution in [0.4, 0.5) is 0 Å². The number of amides is 2. The molecule has 10 heteroatoms. The van der Waals surface area contributed by atoms with E-state index in [4.69, 9.17) is 25.2 Å². The van der Waals surface area contributed by atoms with Crippen molar-refractivity contribution in [3.05, 3.63) is 10.4 Å². The molecule has 0 spiro atoms. The molecule has 0 rings (SSSR count). The summed E-state index contributed by atoms with van der Waals surface area (Å²) in [4.78, 5) is 26.4. The summed E-state index contributed by atoms with van der Waals surface area (Å²) < 4.78 is 11.2. The Morgan fingerprint density at radius 3 is 2.37 bits per heavy atom. The Labute approximate surface area is 160 Å². The molecule has 0 fully saturated rings. The van der Waals surface area contributed by atoms with Crippen molar-refractivity contribution in [1.82, 2.24) is 4.90 Å². The zero-order valence-electron chi connectivity index (χ0n) is 16.1. The highest BCUT2D eigenvalue weighted by molar-refractivity contribution is 5.96. The standard InChI is InChI=1S/C17H32N4O6/c1-2-3-4-5-6-7-15(27-10-8-19-20-18)14-26-11-9-21(16(24)12-22)17(25)13-23/h15,22-23H,2-14H2,1H3. The third-order valence-corrected chi connectivity index (χ3v) is 3.87. The zero-order valence-corrected chi connectivity index (χ0v) is 16.1. The lowest BCUT2D eigenvalue weighted by atomic mass is 10.1. The molecule has 1 unspecified atom stereocenters. The van der Waals surface area contributed by atoms with Gasteiger partial charge in [0.1, 0.15) is 13.2 Å². The number of ether oxygens (including phenoxy) is 2. The summed E-state index contributed by atoms with van der Waals surface area (Å²) in [6.45, 7) is 1.37. The van der Waals surface area contributed by atoms with Gasteiger partial charge in [0.25, 0.3) is 11.8 Å². The topological polar surface area (TPSA) is 145 Å². The van der Waals surface area contributed by atoms with Gasteiger partial charge in [0.05, 0.1) is 32.5 Å². The van der Waals surface area contributed by atoms with Crippen LogP contribution in [0.5, 0.6) is 0 Å². The monoisotopic (exact) mass is 388 g/mol. The van der Waals surface area contributed by atoms with E-state index < -0.39 is 25.0 Å². The van der Waals surface area contributed by atoms with E-state index in [2.05, 4.69) is 16.9 Å². The van der Waals surface area contributed by atoms with E-state index in [0.29, 0.717) is 6.61 Å². The Balaban J connectivity index is 4.30. The van der Waals surface area contributed by atoms with Crippen LogP contribution in [0.3, 0.4) is 0 Å². The fraction of sp³-hybridized carbons (Fsp3) is 0.882. The first-order valence-electron chi connectivity index (χ1n) is 9.35. The number of nitrogens with zero attached hydrogens (tertiary/aromatic N) is 4. The number of aliphatic hydroxyl groups excluding tert-OH is 2. The maximum atomic E-state index is 11.5. The minimum Gasteiger partial charge on any atom is -0.387 e. The Hall–Kier alpha value is -1.71. The molecule has 0 aliphatic carbocycles. The number of aliphatic hydroxyl groups is 2. The predicted octanol–water partition coefficient (Wildman–Crippen LogP) is 1.40. The summed E-state index contributed by atoms with van der Waals surface area (Å²) in [6.07, 6.45) is 6.27. The number of unbranched alkanes of at least 4 members (excludes halogenated alkanes) is 4. The molecule has 156 valence electrons. The molecule has 0 bridgehead atoms. The van der Waals surface area contributed by atoms with Gasteiger partial charge in [-0.1, -0.05) is 44.1 Å². The first kappa shape index (κ1) is 25.3. The van der Waals surface area contributed by atoms with Gasteiger partial charge in [-0.2, -0.15) is 0 Å². The van der Waals surface area contributed by atoms with Crippen LogP contribution in [0.15, 0.2) is 5.11 Å². The third kappa shape index (κ3) is 13.2. The molecule has 0 aliphatic rings. The van der Waals surface area contributed by atoms with Crippen molar-refractivity contribution >= 4 is 11.8 Å². The molecule has 0 aromatic rings. The van der Waals surface area contributed by atoms with Gasteiger partial charge >= 0.3 is 0 Å². The lowest BCUT2D eigenvalue weighted by molar-refractivity contribution is -0.149. The first-order valence-corrected chi connectivity index (χ1v) is 9.35. The van der Waals surface area contributed by atoms with Gasteiger partial charge in [0.15, 0.2) is 0 Å². The van der Waals surface area contributed by atoms with E-state index in [1.807, 2.05) is 0 Å². The van der Waals surface area contributed by atoms with Gasteiger partial charge in [-0.3, -0.25) is 14.5 Å². The van der Waals surface area contributed by atoms with E-state index in [-0.39, 0.29) is 32.4 Å². The molecule has 0 saturated heterocycles. The van der Waals surface area contributed by atoms with Crippen LogP contribution in [0.25, 0.3) is 10.4 Å². The highest BCUT2D eigenvalue weighted by atomic mass is 16.5. The number of carbonyl (C=O) groups excluding carboxylic acids is 2. The van der Waals surface area contributed by atoms with Crippen molar-refractivity contribution in [2.75, 3.05) is 46.1 Å². The lowest BCUT2D eigenvalue weighted by Gasteiger charge is -2.21. The Kier molecular flexibility index (Phi) is 16.6. The van der Waals surface area contributed by atoms with Crippen LogP contribution in [-0.4, -0.2) is 79.2 Å². The van der Waals surface area contributed by atoms with Crippen molar-refractivity contribution in [3.8, 4) is 0 Å². The van der Waals surface area contributed by atoms with Gasteiger partial charge in [0.2, 0.25) is 0 Å². The van der Waals surface area contributed by atoms with Crippen LogP contribution < -0.4 is 0 Å². The summed E-state index contributed by atoms with van der Waals surface area (Å²) in [5.74, 6) is -1.56. The molecule has 2 N–H and O–H groups in total. The number of imide groups is 1. The van der Waals surface area contributed by atoms with Crippen molar-refractivity contribution in [2.24, 2.45) is 5.11 Å². The molecule has 0 aromatic carbocycles. The highest BCUT2D eigenvalue weighted by Crippen LogP contribution is 2.10. The Bertz CT molecular complexity index is 441. The van der Waals surface area contributed by atoms with E-state index >= 15 is 0 Å². The predicted molar refractivity (Wildman–Crippen MR) is 98.8 cm³/mol. The number of hydrogen-bond donors (Lipinski definition) is 2. The van der Waals surface area contributed by atoms with Crippen LogP contribution in [-0.2, 0) is 19.1 Å². The Morgan fingerprint density at radius 1 is 1.11 bits per heavy atom. The lowest BCUT2D eigenvalue weighted by Crippen LogP contribution is -2.42. The zero-order chi connectivity index (χ0) is 20.3. The quantitative estimate of drug-likeness (QED) is 0.167. The molecule has 10 nitrogen and oxygen atoms in total. The second-order valence-corrected chi connectivity index (χ2v) is 5.98. The molecule has 0 saturated carbocycles. The maximum Gasteiger partial charge on any atom is 0.255 e. The van der Waals surface area contributed by atoms with Crippen molar-refractivity contribution in [1.29, 1.82) is 0 Å². The minimum absolute atomic E-state index is 0.0548. The number of rotatable bonds is 17. The fourth-order valence-electron chi connectivity index (χ4n) is 2.43. The SMILES string of the molecule is CCCCCCCC(COCCN(C(=O)CO)C(=O)CO)OCCN=[N+]=[N-]. The molecule has 0 heterocycles. The summed E-state index contributed by atoms with van der Waals surface area (Å²) in [6, 6.07) is 0. The van der Waals surface area contributed by atoms with Crippen LogP contribution in [0.1, 0.15) is 45.4 Å². The highest BCUT2D eigenvalue weighted by Gasteiger charge is 2.19. The molecular formula is C17H32N4O6. The number of hydrogen-bond acceptors (Lipinski definition) is 7. The van der Waals surface area contributed by atoms with Crippen LogP contribution in [0, 0.1) is 0 Å². The van der Waals surface area contributed by atoms with Gasteiger partial charge in [-0.15, -0.1) is 0 Å². The van der Waals surface area contributed by atoms with Crippen molar-refractivity contribution in [3.63, 3.8) is 0 Å². The largest absolute Gasteiger partial charge is 0.387 e. The fourth-order valence-corrected chi connectivity index (χ4v) is 2.43. The minimum atomic E-state index is -0.811. The van der Waals surface area contributed by atoms with E-state index in [9.17, 15) is 9.59 Å². The second kappa shape index (κ2) is 17.7. The molecule has 0 aromatic heterocycles. The van der Waals surface area contributed by atoms with Crippen molar-refractivity contribution < 1.29 is 29.3 Å². The summed E-state index contributed by atoms with van der Waals surface area (Å²) in [7, 11) is 0. The summed E-state index contributed by atoms with van der Waals surface area (Å²) >= 11 is 0. The van der Waals surface area contributed by atoms with Gasteiger partial charge in [0, 0.05) is 11.5 Å². The number of carbonyl (C=O) groups is 2. The average Bonchev–Trinajstić information content (AvgIpc) is 2.69. The second-order valence-electron chi connectivity index (χ2n) is 5.98. The maximum absolute atomic E-state index is 11.5. The molecule has 2 amide bonds. The third-order valence-electron chi connectivity index (χ3n) is 3.87. The van der Waals surface area contributed by atoms with E-state index in [1.54, 1.807) is 0 Å². The van der Waals surface area contributed by atoms with Gasteiger partial charge < -0.3 is 19.7 Å². The molecule has 0 radical (unpaired) electrons. The molecular weight excluding hydrogens is 356 g/mol. The molecule has 0 aliphatic heterocycles. The molecule has 1 atom stereocenters. The number of azide groups is 1.